The number of rotatable bonds is 8. The number of hydrogen-bond donors (Lipinski definition) is 1. The number of amides is 2. The lowest BCUT2D eigenvalue weighted by Gasteiger charge is -2.35. The summed E-state index contributed by atoms with van der Waals surface area (Å²) in [4.78, 5) is 36.4. The maximum absolute atomic E-state index is 14.1. The number of anilines is 1. The zero-order chi connectivity index (χ0) is 31.4. The first-order chi connectivity index (χ1) is 20.4. The number of carbonyl (C=O) groups excluding carboxylic acids is 2. The number of benzene rings is 2. The highest BCUT2D eigenvalue weighted by Crippen LogP contribution is 2.37. The van der Waals surface area contributed by atoms with Crippen molar-refractivity contribution in [1.82, 2.24) is 14.8 Å². The molecule has 0 unspecified atom stereocenters. The average Bonchev–Trinajstić information content (AvgIpc) is 3.00. The van der Waals surface area contributed by atoms with Crippen molar-refractivity contribution >= 4 is 45.1 Å². The molecule has 0 atom stereocenters. The van der Waals surface area contributed by atoms with E-state index >= 15 is 0 Å². The standard InChI is InChI=1S/C29H28F3N5O5S/c1-4-19(18-25(33-2)42-3)27(38)36-13-15-37(16-14-36)28(39)21-10-11-23(22(17-21)29(30,31)32)35-43(40,41)24-9-5-7-20-8-6-12-34-26(20)24/h4-12,17-18,35H,2,13-16H2,1,3H3/b19-4+,25-18+. The topological polar surface area (TPSA) is 121 Å². The molecule has 0 spiro atoms. The third-order valence-corrected chi connectivity index (χ3v) is 8.15. The first-order valence-electron chi connectivity index (χ1n) is 12.9. The number of methoxy groups -OCH3 is 1. The van der Waals surface area contributed by atoms with Crippen LogP contribution in [0.2, 0.25) is 0 Å². The van der Waals surface area contributed by atoms with Gasteiger partial charge in [0.2, 0.25) is 5.88 Å². The van der Waals surface area contributed by atoms with Gasteiger partial charge in [0.25, 0.3) is 21.8 Å². The number of aromatic nitrogens is 1. The van der Waals surface area contributed by atoms with E-state index in [9.17, 15) is 31.2 Å². The van der Waals surface area contributed by atoms with Gasteiger partial charge in [0.15, 0.2) is 0 Å². The maximum atomic E-state index is 14.1. The summed E-state index contributed by atoms with van der Waals surface area (Å²) in [6.45, 7) is 5.47. The first kappa shape index (κ1) is 31.2. The molecular weight excluding hydrogens is 587 g/mol. The Morgan fingerprint density at radius 1 is 1.07 bits per heavy atom. The van der Waals surface area contributed by atoms with Crippen molar-refractivity contribution in [3.63, 3.8) is 0 Å². The minimum atomic E-state index is -4.98. The number of piperazine rings is 1. The molecule has 3 aromatic rings. The van der Waals surface area contributed by atoms with E-state index in [0.29, 0.717) is 17.0 Å². The Morgan fingerprint density at radius 2 is 1.74 bits per heavy atom. The third kappa shape index (κ3) is 6.85. The Hall–Kier alpha value is -4.72. The van der Waals surface area contributed by atoms with Crippen LogP contribution >= 0.6 is 0 Å². The Labute approximate surface area is 246 Å². The lowest BCUT2D eigenvalue weighted by Crippen LogP contribution is -2.50. The summed E-state index contributed by atoms with van der Waals surface area (Å²) < 4.78 is 75.7. The average molecular weight is 616 g/mol. The molecule has 2 aromatic carbocycles. The number of nitrogens with one attached hydrogen (secondary N) is 1. The van der Waals surface area contributed by atoms with Crippen molar-refractivity contribution in [2.75, 3.05) is 38.0 Å². The number of sulfonamides is 1. The number of allylic oxidation sites excluding steroid dienone is 1. The molecule has 1 aliphatic rings. The van der Waals surface area contributed by atoms with Crippen LogP contribution < -0.4 is 4.72 Å². The van der Waals surface area contributed by atoms with E-state index < -0.39 is 33.4 Å². The highest BCUT2D eigenvalue weighted by Gasteiger charge is 2.36. The van der Waals surface area contributed by atoms with E-state index in [0.717, 1.165) is 12.1 Å². The van der Waals surface area contributed by atoms with Crippen LogP contribution in [-0.2, 0) is 25.7 Å². The molecule has 0 aliphatic carbocycles. The lowest BCUT2D eigenvalue weighted by atomic mass is 10.1. The monoisotopic (exact) mass is 615 g/mol. The van der Waals surface area contributed by atoms with Gasteiger partial charge in [-0.2, -0.15) is 13.2 Å². The molecule has 226 valence electrons. The highest BCUT2D eigenvalue weighted by molar-refractivity contribution is 7.93. The minimum absolute atomic E-state index is 0.0753. The Morgan fingerprint density at radius 3 is 2.37 bits per heavy atom. The predicted octanol–water partition coefficient (Wildman–Crippen LogP) is 4.47. The van der Waals surface area contributed by atoms with Crippen LogP contribution in [0.3, 0.4) is 0 Å². The van der Waals surface area contributed by atoms with Crippen LogP contribution in [0.1, 0.15) is 22.8 Å². The van der Waals surface area contributed by atoms with Gasteiger partial charge < -0.3 is 14.5 Å². The Bertz CT molecular complexity index is 1720. The van der Waals surface area contributed by atoms with Gasteiger partial charge >= 0.3 is 6.18 Å². The molecule has 1 fully saturated rings. The molecule has 1 N–H and O–H groups in total. The van der Waals surface area contributed by atoms with Gasteiger partial charge in [-0.1, -0.05) is 24.3 Å². The first-order valence-corrected chi connectivity index (χ1v) is 14.4. The van der Waals surface area contributed by atoms with Gasteiger partial charge in [0.1, 0.15) is 4.90 Å². The molecular formula is C29H28F3N5O5S. The number of alkyl halides is 3. The second-order valence-corrected chi connectivity index (χ2v) is 11.0. The van der Waals surface area contributed by atoms with Gasteiger partial charge in [-0.3, -0.25) is 19.3 Å². The smallest absolute Gasteiger partial charge is 0.418 e. The second kappa shape index (κ2) is 12.7. The van der Waals surface area contributed by atoms with E-state index in [2.05, 4.69) is 16.7 Å². The number of para-hydroxylation sites is 1. The van der Waals surface area contributed by atoms with Crippen LogP contribution in [0.15, 0.2) is 88.2 Å². The summed E-state index contributed by atoms with van der Waals surface area (Å²) in [6, 6.07) is 10.2. The molecule has 1 aliphatic heterocycles. The zero-order valence-corrected chi connectivity index (χ0v) is 24.1. The molecule has 4 rings (SSSR count). The fraction of sp³-hybridized carbons (Fsp3) is 0.241. The number of nitrogens with zero attached hydrogens (tertiary/aromatic N) is 4. The van der Waals surface area contributed by atoms with E-state index in [1.165, 1.54) is 41.3 Å². The zero-order valence-electron chi connectivity index (χ0n) is 23.3. The molecule has 1 aromatic heterocycles. The van der Waals surface area contributed by atoms with Crippen LogP contribution in [0.25, 0.3) is 10.9 Å². The highest BCUT2D eigenvalue weighted by atomic mass is 32.2. The third-order valence-electron chi connectivity index (χ3n) is 6.76. The van der Waals surface area contributed by atoms with Crippen LogP contribution in [0.5, 0.6) is 0 Å². The van der Waals surface area contributed by atoms with Gasteiger partial charge in [0, 0.05) is 55.0 Å². The summed E-state index contributed by atoms with van der Waals surface area (Å²) in [5, 5.41) is 0.496. The summed E-state index contributed by atoms with van der Waals surface area (Å²) in [5.74, 6) is -0.866. The predicted molar refractivity (Wildman–Crippen MR) is 155 cm³/mol. The number of carbonyl (C=O) groups is 2. The van der Waals surface area contributed by atoms with Gasteiger partial charge in [0.05, 0.1) is 23.9 Å². The van der Waals surface area contributed by atoms with Crippen molar-refractivity contribution in [3.05, 3.63) is 89.5 Å². The van der Waals surface area contributed by atoms with Gasteiger partial charge in [-0.05, 0) is 44.0 Å². The van der Waals surface area contributed by atoms with Crippen LogP contribution in [0, 0.1) is 0 Å². The molecule has 14 heteroatoms. The van der Waals surface area contributed by atoms with E-state index in [1.54, 1.807) is 31.2 Å². The van der Waals surface area contributed by atoms with Crippen molar-refractivity contribution in [2.45, 2.75) is 18.0 Å². The molecule has 10 nitrogen and oxygen atoms in total. The molecule has 0 saturated carbocycles. The van der Waals surface area contributed by atoms with Crippen LogP contribution in [-0.4, -0.2) is 75.0 Å². The fourth-order valence-electron chi connectivity index (χ4n) is 4.54. The van der Waals surface area contributed by atoms with Crippen molar-refractivity contribution in [3.8, 4) is 0 Å². The quantitative estimate of drug-likeness (QED) is 0.173. The SMILES string of the molecule is C=N/C(=C\C(=C/C)C(=O)N1CCN(C(=O)c2ccc(NS(=O)(=O)c3cccc4cccnc34)c(C(F)(F)F)c2)CC1)OC. The summed E-state index contributed by atoms with van der Waals surface area (Å²) >= 11 is 0. The van der Waals surface area contributed by atoms with Gasteiger partial charge in [-0.15, -0.1) is 0 Å². The van der Waals surface area contributed by atoms with Crippen molar-refractivity contribution < 1.29 is 35.9 Å². The molecule has 0 bridgehead atoms. The number of hydrogen-bond acceptors (Lipinski definition) is 7. The lowest BCUT2D eigenvalue weighted by molar-refractivity contribution is -0.137. The summed E-state index contributed by atoms with van der Waals surface area (Å²) in [6.07, 6.45) is -0.589. The molecule has 43 heavy (non-hydrogen) atoms. The normalized spacial score (nSPS) is 14.9. The van der Waals surface area contributed by atoms with Crippen molar-refractivity contribution in [1.29, 1.82) is 0 Å². The fourth-order valence-corrected chi connectivity index (χ4v) is 5.80. The van der Waals surface area contributed by atoms with Crippen LogP contribution in [0.4, 0.5) is 18.9 Å². The number of aliphatic imine (C=N–C) groups is 1. The molecule has 0 radical (unpaired) electrons. The van der Waals surface area contributed by atoms with Gasteiger partial charge in [-0.25, -0.2) is 13.4 Å². The Kier molecular flexibility index (Phi) is 9.19. The number of halogens is 3. The van der Waals surface area contributed by atoms with E-state index in [1.807, 2.05) is 4.72 Å². The van der Waals surface area contributed by atoms with Crippen molar-refractivity contribution in [2.24, 2.45) is 4.99 Å². The molecule has 1 saturated heterocycles. The van der Waals surface area contributed by atoms with E-state index in [4.69, 9.17) is 4.74 Å². The number of fused-ring (bicyclic) bond motifs is 1. The summed E-state index contributed by atoms with van der Waals surface area (Å²) in [7, 11) is -3.10. The minimum Gasteiger partial charge on any atom is -0.481 e. The second-order valence-electron chi connectivity index (χ2n) is 9.37. The number of ether oxygens (including phenoxy) is 1. The largest absolute Gasteiger partial charge is 0.481 e. The molecule has 2 amide bonds. The number of pyridine rings is 1. The Balaban J connectivity index is 1.53. The maximum Gasteiger partial charge on any atom is 0.418 e. The summed E-state index contributed by atoms with van der Waals surface area (Å²) in [5.41, 5.74) is -1.93. The van der Waals surface area contributed by atoms with E-state index in [-0.39, 0.29) is 53.9 Å². The molecule has 2 heterocycles.